The topological polar surface area (TPSA) is 132 Å². The van der Waals surface area contributed by atoms with E-state index in [1.165, 1.54) is 18.0 Å². The van der Waals surface area contributed by atoms with Crippen LogP contribution in [0.1, 0.15) is 6.92 Å². The number of nitrogens with zero attached hydrogens (tertiary/aromatic N) is 4. The van der Waals surface area contributed by atoms with Crippen LogP contribution < -0.4 is 10.6 Å². The quantitative estimate of drug-likeness (QED) is 0.522. The van der Waals surface area contributed by atoms with Crippen LogP contribution in [0.2, 0.25) is 0 Å². The molecule has 11 heteroatoms. The average molecular weight is 340 g/mol. The van der Waals surface area contributed by atoms with Crippen molar-refractivity contribution in [2.75, 3.05) is 26.7 Å². The minimum absolute atomic E-state index is 0.113. The highest BCUT2D eigenvalue weighted by Crippen LogP contribution is 2.15. The number of methoxy groups -OCH3 is 1. The number of carbonyl (C=O) groups is 2. The molecule has 1 aliphatic heterocycles. The zero-order valence-corrected chi connectivity index (χ0v) is 13.5. The van der Waals surface area contributed by atoms with Gasteiger partial charge in [0.15, 0.2) is 0 Å². The van der Waals surface area contributed by atoms with E-state index < -0.39 is 4.92 Å². The number of nitrogens with one attached hydrogen (secondary N) is 2. The van der Waals surface area contributed by atoms with Crippen molar-refractivity contribution in [3.8, 4) is 0 Å². The van der Waals surface area contributed by atoms with Gasteiger partial charge in [-0.1, -0.05) is 0 Å². The van der Waals surface area contributed by atoms with E-state index in [0.717, 1.165) is 6.20 Å². The normalized spacial score (nSPS) is 20.0. The van der Waals surface area contributed by atoms with Crippen molar-refractivity contribution < 1.29 is 19.2 Å². The molecule has 1 aromatic rings. The molecular weight excluding hydrogens is 320 g/mol. The van der Waals surface area contributed by atoms with E-state index in [0.29, 0.717) is 19.6 Å². The average Bonchev–Trinajstić information content (AvgIpc) is 3.14. The van der Waals surface area contributed by atoms with Crippen LogP contribution in [-0.2, 0) is 16.1 Å². The number of likely N-dealkylation sites (tertiary alicyclic amines) is 1. The van der Waals surface area contributed by atoms with Crippen molar-refractivity contribution in [1.29, 1.82) is 0 Å². The van der Waals surface area contributed by atoms with Crippen LogP contribution >= 0.6 is 0 Å². The van der Waals surface area contributed by atoms with Crippen molar-refractivity contribution >= 4 is 17.6 Å². The Balaban J connectivity index is 1.94. The summed E-state index contributed by atoms with van der Waals surface area (Å²) in [5, 5.41) is 19.8. The van der Waals surface area contributed by atoms with Gasteiger partial charge in [0, 0.05) is 26.7 Å². The first-order valence-corrected chi connectivity index (χ1v) is 7.46. The number of nitro groups is 1. The minimum atomic E-state index is -0.572. The molecule has 24 heavy (non-hydrogen) atoms. The second-order valence-corrected chi connectivity index (χ2v) is 5.34. The van der Waals surface area contributed by atoms with E-state index in [1.807, 2.05) is 0 Å². The van der Waals surface area contributed by atoms with Gasteiger partial charge in [-0.3, -0.25) is 19.6 Å². The summed E-state index contributed by atoms with van der Waals surface area (Å²) >= 11 is 0. The Labute approximate surface area is 138 Å². The SMILES string of the molecule is CCNC(=O)N[C@@H]1CN(C(=O)Cn2cc([N+](=O)[O-])cn2)C[C@H]1OC. The van der Waals surface area contributed by atoms with Gasteiger partial charge in [0.05, 0.1) is 17.1 Å². The summed E-state index contributed by atoms with van der Waals surface area (Å²) < 4.78 is 6.54. The standard InChI is InChI=1S/C13H20N6O5/c1-3-14-13(21)16-10-6-17(7-11(10)24-2)12(20)8-18-5-9(4-15-18)19(22)23/h4-5,10-11H,3,6-8H2,1-2H3,(H2,14,16,21)/t10-,11-/m1/s1. The maximum absolute atomic E-state index is 12.3. The van der Waals surface area contributed by atoms with Gasteiger partial charge in [-0.25, -0.2) is 4.79 Å². The third-order valence-electron chi connectivity index (χ3n) is 3.70. The molecule has 132 valence electrons. The molecule has 1 aromatic heterocycles. The van der Waals surface area contributed by atoms with Crippen molar-refractivity contribution in [1.82, 2.24) is 25.3 Å². The predicted molar refractivity (Wildman–Crippen MR) is 82.3 cm³/mol. The molecular formula is C13H20N6O5. The second-order valence-electron chi connectivity index (χ2n) is 5.34. The lowest BCUT2D eigenvalue weighted by molar-refractivity contribution is -0.385. The van der Waals surface area contributed by atoms with Crippen molar-refractivity contribution in [2.24, 2.45) is 0 Å². The molecule has 0 saturated carbocycles. The molecule has 2 heterocycles. The van der Waals surface area contributed by atoms with Gasteiger partial charge >= 0.3 is 11.7 Å². The summed E-state index contributed by atoms with van der Waals surface area (Å²) in [5.41, 5.74) is -0.172. The zero-order chi connectivity index (χ0) is 17.7. The molecule has 2 atom stereocenters. The molecule has 11 nitrogen and oxygen atoms in total. The van der Waals surface area contributed by atoms with E-state index >= 15 is 0 Å². The molecule has 1 fully saturated rings. The van der Waals surface area contributed by atoms with Gasteiger partial charge < -0.3 is 20.3 Å². The first kappa shape index (κ1) is 17.7. The van der Waals surface area contributed by atoms with Gasteiger partial charge in [-0.2, -0.15) is 5.10 Å². The highest BCUT2D eigenvalue weighted by molar-refractivity contribution is 5.77. The monoisotopic (exact) mass is 340 g/mol. The summed E-state index contributed by atoms with van der Waals surface area (Å²) in [6.07, 6.45) is 1.98. The maximum Gasteiger partial charge on any atom is 0.315 e. The number of amides is 3. The van der Waals surface area contributed by atoms with E-state index in [-0.39, 0.29) is 36.3 Å². The van der Waals surface area contributed by atoms with Crippen molar-refractivity contribution in [3.05, 3.63) is 22.5 Å². The van der Waals surface area contributed by atoms with E-state index in [4.69, 9.17) is 4.74 Å². The van der Waals surface area contributed by atoms with Crippen molar-refractivity contribution in [3.63, 3.8) is 0 Å². The highest BCUT2D eigenvalue weighted by Gasteiger charge is 2.36. The lowest BCUT2D eigenvalue weighted by Gasteiger charge is -2.18. The fourth-order valence-corrected chi connectivity index (χ4v) is 2.51. The van der Waals surface area contributed by atoms with Crippen LogP contribution in [0.3, 0.4) is 0 Å². The summed E-state index contributed by atoms with van der Waals surface area (Å²) in [6.45, 7) is 2.82. The van der Waals surface area contributed by atoms with Crippen LogP contribution in [-0.4, -0.2) is 70.4 Å². The Morgan fingerprint density at radius 3 is 2.83 bits per heavy atom. The van der Waals surface area contributed by atoms with Gasteiger partial charge in [0.25, 0.3) is 0 Å². The first-order chi connectivity index (χ1) is 11.4. The number of rotatable bonds is 6. The van der Waals surface area contributed by atoms with Crippen LogP contribution in [0.5, 0.6) is 0 Å². The third kappa shape index (κ3) is 4.19. The number of carbonyl (C=O) groups excluding carboxylic acids is 2. The Morgan fingerprint density at radius 1 is 1.50 bits per heavy atom. The van der Waals surface area contributed by atoms with Crippen LogP contribution in [0.4, 0.5) is 10.5 Å². The fourth-order valence-electron chi connectivity index (χ4n) is 2.51. The maximum atomic E-state index is 12.3. The van der Waals surface area contributed by atoms with Gasteiger partial charge in [0.2, 0.25) is 5.91 Å². The largest absolute Gasteiger partial charge is 0.377 e. The van der Waals surface area contributed by atoms with Gasteiger partial charge in [0.1, 0.15) is 18.9 Å². The van der Waals surface area contributed by atoms with E-state index in [2.05, 4.69) is 15.7 Å². The molecule has 0 spiro atoms. The molecule has 0 aromatic carbocycles. The smallest absolute Gasteiger partial charge is 0.315 e. The lowest BCUT2D eigenvalue weighted by atomic mass is 10.2. The number of hydrogen-bond acceptors (Lipinski definition) is 6. The number of hydrogen-bond donors (Lipinski definition) is 2. The van der Waals surface area contributed by atoms with Crippen LogP contribution in [0, 0.1) is 10.1 Å². The molecule has 2 N–H and O–H groups in total. The molecule has 2 rings (SSSR count). The van der Waals surface area contributed by atoms with E-state index in [9.17, 15) is 19.7 Å². The van der Waals surface area contributed by atoms with Crippen molar-refractivity contribution in [2.45, 2.75) is 25.6 Å². The van der Waals surface area contributed by atoms with Gasteiger partial charge in [-0.05, 0) is 6.92 Å². The second kappa shape index (κ2) is 7.73. The number of aromatic nitrogens is 2. The molecule has 0 radical (unpaired) electrons. The fraction of sp³-hybridized carbons (Fsp3) is 0.615. The molecule has 1 aliphatic rings. The van der Waals surface area contributed by atoms with E-state index in [1.54, 1.807) is 11.8 Å². The van der Waals surface area contributed by atoms with Crippen LogP contribution in [0.25, 0.3) is 0 Å². The predicted octanol–water partition coefficient (Wildman–Crippen LogP) is -0.664. The third-order valence-corrected chi connectivity index (χ3v) is 3.70. The first-order valence-electron chi connectivity index (χ1n) is 7.46. The summed E-state index contributed by atoms with van der Waals surface area (Å²) in [6, 6.07) is -0.640. The Kier molecular flexibility index (Phi) is 5.68. The molecule has 0 aliphatic carbocycles. The van der Waals surface area contributed by atoms with Crippen LogP contribution in [0.15, 0.2) is 12.4 Å². The molecule has 1 saturated heterocycles. The summed E-state index contributed by atoms with van der Waals surface area (Å²) in [5.74, 6) is -0.254. The number of urea groups is 1. The number of ether oxygens (including phenoxy) is 1. The zero-order valence-electron chi connectivity index (χ0n) is 13.5. The van der Waals surface area contributed by atoms with Gasteiger partial charge in [-0.15, -0.1) is 0 Å². The Hall–Kier alpha value is -2.69. The lowest BCUT2D eigenvalue weighted by Crippen LogP contribution is -2.48. The Bertz CT molecular complexity index is 618. The highest BCUT2D eigenvalue weighted by atomic mass is 16.6. The molecule has 0 bridgehead atoms. The summed E-state index contributed by atoms with van der Waals surface area (Å²) in [4.78, 5) is 35.6. The molecule has 0 unspecified atom stereocenters. The molecule has 3 amide bonds. The Morgan fingerprint density at radius 2 is 2.25 bits per heavy atom. The minimum Gasteiger partial charge on any atom is -0.377 e. The summed E-state index contributed by atoms with van der Waals surface area (Å²) in [7, 11) is 1.52.